The molecule has 4 heteroatoms. The van der Waals surface area contributed by atoms with Crippen molar-refractivity contribution in [3.63, 3.8) is 0 Å². The van der Waals surface area contributed by atoms with Crippen molar-refractivity contribution < 1.29 is 9.21 Å². The number of hydrogen-bond acceptors (Lipinski definition) is 4. The number of carbonyl (C=O) groups excluding carboxylic acids is 1. The summed E-state index contributed by atoms with van der Waals surface area (Å²) in [5, 5.41) is 0.950. The Kier molecular flexibility index (Phi) is 3.87. The summed E-state index contributed by atoms with van der Waals surface area (Å²) >= 11 is 1.59. The molecule has 0 unspecified atom stereocenters. The lowest BCUT2D eigenvalue weighted by molar-refractivity contribution is -0.116. The summed E-state index contributed by atoms with van der Waals surface area (Å²) in [7, 11) is 0. The normalized spacial score (nSPS) is 10.8. The van der Waals surface area contributed by atoms with E-state index in [1.54, 1.807) is 18.7 Å². The third-order valence-corrected chi connectivity index (χ3v) is 3.64. The van der Waals surface area contributed by atoms with Gasteiger partial charge in [-0.25, -0.2) is 4.79 Å². The van der Waals surface area contributed by atoms with Crippen LogP contribution in [0.15, 0.2) is 38.4 Å². The molecule has 0 N–H and O–H groups in total. The lowest BCUT2D eigenvalue weighted by atomic mass is 10.1. The number of rotatable bonds is 4. The van der Waals surface area contributed by atoms with E-state index in [0.717, 1.165) is 21.6 Å². The summed E-state index contributed by atoms with van der Waals surface area (Å²) in [6, 6.07) is 7.28. The fourth-order valence-corrected chi connectivity index (χ4v) is 2.69. The highest BCUT2D eigenvalue weighted by Crippen LogP contribution is 2.25. The van der Waals surface area contributed by atoms with Gasteiger partial charge in [0, 0.05) is 28.5 Å². The minimum absolute atomic E-state index is 0.186. The molecule has 0 atom stereocenters. The summed E-state index contributed by atoms with van der Waals surface area (Å²) in [5.41, 5.74) is 1.19. The van der Waals surface area contributed by atoms with Crippen LogP contribution in [-0.2, 0) is 4.79 Å². The van der Waals surface area contributed by atoms with E-state index >= 15 is 0 Å². The van der Waals surface area contributed by atoms with Gasteiger partial charge in [-0.15, -0.1) is 11.8 Å². The van der Waals surface area contributed by atoms with Crippen molar-refractivity contribution in [3.05, 3.63) is 40.2 Å². The minimum atomic E-state index is -0.328. The number of carbonyl (C=O) groups is 1. The van der Waals surface area contributed by atoms with Crippen molar-refractivity contribution in [2.24, 2.45) is 0 Å². The fraction of sp³-hybridized carbons (Fsp3) is 0.286. The van der Waals surface area contributed by atoms with E-state index in [4.69, 9.17) is 4.42 Å². The molecular weight excluding hydrogens is 248 g/mol. The second-order valence-corrected chi connectivity index (χ2v) is 5.38. The predicted octanol–water partition coefficient (Wildman–Crippen LogP) is 3.17. The largest absolute Gasteiger partial charge is 0.423 e. The highest BCUT2D eigenvalue weighted by atomic mass is 32.2. The predicted molar refractivity (Wildman–Crippen MR) is 73.2 cm³/mol. The number of Topliss-reactive ketones (excluding diaryl/α,β-unsaturated/α-hetero) is 1. The Morgan fingerprint density at radius 1 is 1.33 bits per heavy atom. The molecule has 0 saturated heterocycles. The van der Waals surface area contributed by atoms with Gasteiger partial charge in [0.05, 0.1) is 0 Å². The quantitative estimate of drug-likeness (QED) is 0.627. The van der Waals surface area contributed by atoms with E-state index in [9.17, 15) is 9.59 Å². The molecule has 0 radical (unpaired) electrons. The van der Waals surface area contributed by atoms with Crippen LogP contribution in [0.2, 0.25) is 0 Å². The van der Waals surface area contributed by atoms with E-state index in [-0.39, 0.29) is 11.4 Å². The molecule has 0 aliphatic carbocycles. The van der Waals surface area contributed by atoms with E-state index in [1.165, 1.54) is 6.07 Å². The Hall–Kier alpha value is -1.55. The van der Waals surface area contributed by atoms with E-state index in [0.29, 0.717) is 12.0 Å². The van der Waals surface area contributed by atoms with Crippen LogP contribution in [0.3, 0.4) is 0 Å². The van der Waals surface area contributed by atoms with Crippen LogP contribution in [0.25, 0.3) is 11.0 Å². The number of benzene rings is 1. The Morgan fingerprint density at radius 3 is 2.83 bits per heavy atom. The van der Waals surface area contributed by atoms with Gasteiger partial charge in [0.1, 0.15) is 11.4 Å². The maximum Gasteiger partial charge on any atom is 0.336 e. The van der Waals surface area contributed by atoms with E-state index in [1.807, 2.05) is 25.1 Å². The first kappa shape index (κ1) is 12.9. The van der Waals surface area contributed by atoms with Crippen LogP contribution < -0.4 is 5.63 Å². The van der Waals surface area contributed by atoms with Gasteiger partial charge >= 0.3 is 5.63 Å². The van der Waals surface area contributed by atoms with Crippen molar-refractivity contribution in [2.45, 2.75) is 25.2 Å². The van der Waals surface area contributed by atoms with Gasteiger partial charge in [-0.2, -0.15) is 0 Å². The topological polar surface area (TPSA) is 47.3 Å². The van der Waals surface area contributed by atoms with Gasteiger partial charge in [0.15, 0.2) is 0 Å². The molecule has 0 saturated carbocycles. The summed E-state index contributed by atoms with van der Waals surface area (Å²) in [6.45, 7) is 3.48. The zero-order valence-electron chi connectivity index (χ0n) is 10.4. The molecule has 94 valence electrons. The Labute approximate surface area is 109 Å². The first-order chi connectivity index (χ1) is 8.56. The lowest BCUT2D eigenvalue weighted by Crippen LogP contribution is -1.97. The van der Waals surface area contributed by atoms with Crippen molar-refractivity contribution in [1.29, 1.82) is 0 Å². The number of fused-ring (bicyclic) bond motifs is 1. The standard InChI is InChI=1S/C14H14O3S/c1-9-7-14(16)17-13-8-11(3-4-12(9)13)18-6-5-10(2)15/h3-4,7-8H,5-6H2,1-2H3. The third-order valence-electron chi connectivity index (χ3n) is 2.65. The van der Waals surface area contributed by atoms with Crippen molar-refractivity contribution in [3.8, 4) is 0 Å². The highest BCUT2D eigenvalue weighted by molar-refractivity contribution is 7.99. The first-order valence-corrected chi connectivity index (χ1v) is 6.71. The molecule has 0 amide bonds. The van der Waals surface area contributed by atoms with Gasteiger partial charge in [-0.1, -0.05) is 0 Å². The van der Waals surface area contributed by atoms with Crippen LogP contribution in [0.5, 0.6) is 0 Å². The molecule has 1 aromatic heterocycles. The maximum absolute atomic E-state index is 11.3. The molecule has 1 heterocycles. The van der Waals surface area contributed by atoms with Crippen molar-refractivity contribution in [1.82, 2.24) is 0 Å². The number of thioether (sulfide) groups is 1. The summed E-state index contributed by atoms with van der Waals surface area (Å²) in [5.74, 6) is 0.933. The van der Waals surface area contributed by atoms with Crippen LogP contribution >= 0.6 is 11.8 Å². The average molecular weight is 262 g/mol. The Bertz CT molecular complexity index is 643. The molecular formula is C14H14O3S. The van der Waals surface area contributed by atoms with Gasteiger partial charge in [-0.05, 0) is 37.6 Å². The summed E-state index contributed by atoms with van der Waals surface area (Å²) in [4.78, 5) is 23.2. The third kappa shape index (κ3) is 3.01. The maximum atomic E-state index is 11.3. The summed E-state index contributed by atoms with van der Waals surface area (Å²) in [6.07, 6.45) is 0.556. The smallest absolute Gasteiger partial charge is 0.336 e. The van der Waals surface area contributed by atoms with E-state index < -0.39 is 0 Å². The molecule has 18 heavy (non-hydrogen) atoms. The van der Waals surface area contributed by atoms with Gasteiger partial charge in [0.2, 0.25) is 0 Å². The van der Waals surface area contributed by atoms with Crippen molar-refractivity contribution >= 4 is 28.5 Å². The lowest BCUT2D eigenvalue weighted by Gasteiger charge is -2.03. The molecule has 0 aliphatic heterocycles. The minimum Gasteiger partial charge on any atom is -0.423 e. The Balaban J connectivity index is 2.27. The highest BCUT2D eigenvalue weighted by Gasteiger charge is 2.04. The second-order valence-electron chi connectivity index (χ2n) is 4.21. The van der Waals surface area contributed by atoms with Crippen LogP contribution in [0, 0.1) is 6.92 Å². The molecule has 1 aromatic carbocycles. The molecule has 3 nitrogen and oxygen atoms in total. The number of aryl methyl sites for hydroxylation is 1. The van der Waals surface area contributed by atoms with E-state index in [2.05, 4.69) is 0 Å². The fourth-order valence-electron chi connectivity index (χ4n) is 1.71. The molecule has 0 aliphatic rings. The number of hydrogen-bond donors (Lipinski definition) is 0. The zero-order chi connectivity index (χ0) is 13.1. The number of ketones is 1. The van der Waals surface area contributed by atoms with Gasteiger partial charge in [-0.3, -0.25) is 4.79 Å². The zero-order valence-corrected chi connectivity index (χ0v) is 11.2. The Morgan fingerprint density at radius 2 is 2.11 bits per heavy atom. The van der Waals surface area contributed by atoms with Crippen LogP contribution in [0.4, 0.5) is 0 Å². The van der Waals surface area contributed by atoms with Crippen molar-refractivity contribution in [2.75, 3.05) is 5.75 Å². The summed E-state index contributed by atoms with van der Waals surface area (Å²) < 4.78 is 5.17. The average Bonchev–Trinajstić information content (AvgIpc) is 2.27. The molecule has 0 fully saturated rings. The SMILES string of the molecule is CC(=O)CCSc1ccc2c(C)cc(=O)oc2c1. The van der Waals surface area contributed by atoms with Gasteiger partial charge in [0.25, 0.3) is 0 Å². The van der Waals surface area contributed by atoms with Crippen LogP contribution in [0.1, 0.15) is 18.9 Å². The first-order valence-electron chi connectivity index (χ1n) is 5.73. The molecule has 0 spiro atoms. The molecule has 2 rings (SSSR count). The molecule has 2 aromatic rings. The second kappa shape index (κ2) is 5.40. The van der Waals surface area contributed by atoms with Crippen LogP contribution in [-0.4, -0.2) is 11.5 Å². The molecule has 0 bridgehead atoms. The monoisotopic (exact) mass is 262 g/mol. The van der Waals surface area contributed by atoms with Gasteiger partial charge < -0.3 is 4.42 Å².